The molecule has 0 N–H and O–H groups in total. The van der Waals surface area contributed by atoms with Gasteiger partial charge in [0, 0.05) is 17.2 Å². The lowest BCUT2D eigenvalue weighted by molar-refractivity contribution is 0.848. The number of hydrogen-bond acceptors (Lipinski definition) is 4. The average Bonchev–Trinajstić information content (AvgIpc) is 3.07. The molecule has 0 aliphatic rings. The summed E-state index contributed by atoms with van der Waals surface area (Å²) in [5, 5.41) is 5.55. The third-order valence-corrected chi connectivity index (χ3v) is 4.69. The van der Waals surface area contributed by atoms with Crippen molar-refractivity contribution in [2.24, 2.45) is 0 Å². The first kappa shape index (κ1) is 15.8. The van der Waals surface area contributed by atoms with E-state index in [9.17, 15) is 0 Å². The highest BCUT2D eigenvalue weighted by Crippen LogP contribution is 2.25. The molecule has 4 nitrogen and oxygen atoms in total. The number of nitrogens with zero attached hydrogens (tertiary/aromatic N) is 4. The molecule has 0 unspecified atom stereocenters. The van der Waals surface area contributed by atoms with Crippen LogP contribution in [0.1, 0.15) is 12.5 Å². The topological polar surface area (TPSA) is 43.1 Å². The van der Waals surface area contributed by atoms with E-state index in [1.807, 2.05) is 28.8 Å². The number of benzene rings is 2. The standard InChI is InChI=1S/C20H18N4S/c1-3-25-20-21-18-13-17(15-11-9-14(2)10-12-15)23-24(18)19(22-20)16-7-5-4-6-8-16/h4-13H,3H2,1-2H3. The second-order valence-electron chi connectivity index (χ2n) is 5.79. The van der Waals surface area contributed by atoms with E-state index in [0.717, 1.165) is 39.2 Å². The number of hydrogen-bond donors (Lipinski definition) is 0. The van der Waals surface area contributed by atoms with Crippen LogP contribution in [-0.4, -0.2) is 25.3 Å². The molecular weight excluding hydrogens is 328 g/mol. The van der Waals surface area contributed by atoms with E-state index in [1.165, 1.54) is 5.56 Å². The Morgan fingerprint density at radius 3 is 2.40 bits per heavy atom. The fourth-order valence-electron chi connectivity index (χ4n) is 2.70. The maximum Gasteiger partial charge on any atom is 0.191 e. The third-order valence-electron chi connectivity index (χ3n) is 3.96. The van der Waals surface area contributed by atoms with E-state index >= 15 is 0 Å². The normalized spacial score (nSPS) is 11.1. The first-order valence-electron chi connectivity index (χ1n) is 8.27. The Kier molecular flexibility index (Phi) is 4.24. The summed E-state index contributed by atoms with van der Waals surface area (Å²) in [7, 11) is 0. The Labute approximate surface area is 151 Å². The van der Waals surface area contributed by atoms with Gasteiger partial charge in [0.15, 0.2) is 16.6 Å². The van der Waals surface area contributed by atoms with Crippen molar-refractivity contribution in [3.8, 4) is 22.6 Å². The van der Waals surface area contributed by atoms with Gasteiger partial charge in [0.05, 0.1) is 5.69 Å². The Bertz CT molecular complexity index is 1010. The Morgan fingerprint density at radius 2 is 1.68 bits per heavy atom. The van der Waals surface area contributed by atoms with Crippen molar-refractivity contribution in [1.29, 1.82) is 0 Å². The number of aromatic nitrogens is 4. The van der Waals surface area contributed by atoms with Gasteiger partial charge in [0.1, 0.15) is 0 Å². The molecule has 0 aliphatic heterocycles. The van der Waals surface area contributed by atoms with Crippen molar-refractivity contribution in [3.63, 3.8) is 0 Å². The second-order valence-corrected chi connectivity index (χ2v) is 7.03. The van der Waals surface area contributed by atoms with Crippen molar-refractivity contribution < 1.29 is 0 Å². The lowest BCUT2D eigenvalue weighted by Crippen LogP contribution is -2.02. The minimum atomic E-state index is 0.782. The van der Waals surface area contributed by atoms with E-state index in [-0.39, 0.29) is 0 Å². The number of rotatable bonds is 4. The van der Waals surface area contributed by atoms with Gasteiger partial charge in [-0.3, -0.25) is 0 Å². The molecule has 4 aromatic rings. The highest BCUT2D eigenvalue weighted by molar-refractivity contribution is 7.99. The molecule has 2 aromatic heterocycles. The summed E-state index contributed by atoms with van der Waals surface area (Å²) in [6.07, 6.45) is 0. The van der Waals surface area contributed by atoms with E-state index in [1.54, 1.807) is 11.8 Å². The van der Waals surface area contributed by atoms with Gasteiger partial charge in [0.25, 0.3) is 0 Å². The molecule has 0 saturated carbocycles. The highest BCUT2D eigenvalue weighted by Gasteiger charge is 2.13. The molecule has 124 valence electrons. The summed E-state index contributed by atoms with van der Waals surface area (Å²) in [5.41, 5.74) is 5.08. The molecule has 5 heteroatoms. The van der Waals surface area contributed by atoms with Crippen LogP contribution in [0.2, 0.25) is 0 Å². The molecule has 2 heterocycles. The second kappa shape index (κ2) is 6.69. The average molecular weight is 346 g/mol. The fraction of sp³-hybridized carbons (Fsp3) is 0.150. The number of fused-ring (bicyclic) bond motifs is 1. The minimum absolute atomic E-state index is 0.782. The zero-order valence-corrected chi connectivity index (χ0v) is 15.0. The largest absolute Gasteiger partial charge is 0.203 e. The van der Waals surface area contributed by atoms with Crippen LogP contribution in [0.25, 0.3) is 28.3 Å². The van der Waals surface area contributed by atoms with E-state index in [2.05, 4.69) is 55.2 Å². The van der Waals surface area contributed by atoms with Crippen LogP contribution >= 0.6 is 11.8 Å². The quantitative estimate of drug-likeness (QED) is 0.494. The molecule has 25 heavy (non-hydrogen) atoms. The molecule has 4 rings (SSSR count). The summed E-state index contributed by atoms with van der Waals surface area (Å²) in [4.78, 5) is 9.40. The van der Waals surface area contributed by atoms with Gasteiger partial charge in [-0.2, -0.15) is 9.61 Å². The Hall–Kier alpha value is -2.66. The van der Waals surface area contributed by atoms with Crippen molar-refractivity contribution >= 4 is 17.4 Å². The molecule has 0 amide bonds. The maximum atomic E-state index is 4.77. The monoisotopic (exact) mass is 346 g/mol. The van der Waals surface area contributed by atoms with Gasteiger partial charge in [-0.15, -0.1) is 0 Å². The molecule has 0 fully saturated rings. The Morgan fingerprint density at radius 1 is 0.920 bits per heavy atom. The fourth-order valence-corrected chi connectivity index (χ4v) is 3.27. The van der Waals surface area contributed by atoms with E-state index < -0.39 is 0 Å². The molecule has 0 bridgehead atoms. The first-order chi connectivity index (χ1) is 12.2. The smallest absolute Gasteiger partial charge is 0.191 e. The predicted molar refractivity (Wildman–Crippen MR) is 103 cm³/mol. The van der Waals surface area contributed by atoms with E-state index in [0.29, 0.717) is 0 Å². The van der Waals surface area contributed by atoms with Gasteiger partial charge in [-0.05, 0) is 12.7 Å². The van der Waals surface area contributed by atoms with Crippen LogP contribution in [0.15, 0.2) is 65.8 Å². The van der Waals surface area contributed by atoms with Gasteiger partial charge < -0.3 is 0 Å². The van der Waals surface area contributed by atoms with Crippen molar-refractivity contribution in [2.75, 3.05) is 5.75 Å². The zero-order chi connectivity index (χ0) is 17.2. The van der Waals surface area contributed by atoms with Crippen LogP contribution < -0.4 is 0 Å². The van der Waals surface area contributed by atoms with Crippen molar-refractivity contribution in [2.45, 2.75) is 19.0 Å². The van der Waals surface area contributed by atoms with Crippen LogP contribution in [0.4, 0.5) is 0 Å². The van der Waals surface area contributed by atoms with Crippen LogP contribution in [0.5, 0.6) is 0 Å². The van der Waals surface area contributed by atoms with Crippen molar-refractivity contribution in [1.82, 2.24) is 19.6 Å². The summed E-state index contributed by atoms with van der Waals surface area (Å²) in [6, 6.07) is 20.5. The summed E-state index contributed by atoms with van der Waals surface area (Å²) in [5.74, 6) is 1.75. The van der Waals surface area contributed by atoms with E-state index in [4.69, 9.17) is 10.1 Å². The van der Waals surface area contributed by atoms with Crippen LogP contribution in [0, 0.1) is 6.92 Å². The molecule has 0 atom stereocenters. The predicted octanol–water partition coefficient (Wildman–Crippen LogP) is 4.88. The maximum absolute atomic E-state index is 4.77. The SMILES string of the molecule is CCSc1nc(-c2ccccc2)n2nc(-c3ccc(C)cc3)cc2n1. The Balaban J connectivity index is 1.91. The third kappa shape index (κ3) is 3.15. The molecule has 0 saturated heterocycles. The molecule has 0 spiro atoms. The molecule has 0 radical (unpaired) electrons. The highest BCUT2D eigenvalue weighted by atomic mass is 32.2. The first-order valence-corrected chi connectivity index (χ1v) is 9.26. The zero-order valence-electron chi connectivity index (χ0n) is 14.2. The van der Waals surface area contributed by atoms with Crippen LogP contribution in [0.3, 0.4) is 0 Å². The molecule has 0 aliphatic carbocycles. The summed E-state index contributed by atoms with van der Waals surface area (Å²) < 4.78 is 1.84. The summed E-state index contributed by atoms with van der Waals surface area (Å²) in [6.45, 7) is 4.19. The lowest BCUT2D eigenvalue weighted by Gasteiger charge is -2.06. The minimum Gasteiger partial charge on any atom is -0.203 e. The van der Waals surface area contributed by atoms with Gasteiger partial charge in [-0.1, -0.05) is 78.8 Å². The van der Waals surface area contributed by atoms with Gasteiger partial charge in [0.2, 0.25) is 0 Å². The molecular formula is C20H18N4S. The molecule has 2 aromatic carbocycles. The van der Waals surface area contributed by atoms with Gasteiger partial charge in [-0.25, -0.2) is 9.97 Å². The lowest BCUT2D eigenvalue weighted by atomic mass is 10.1. The number of thioether (sulfide) groups is 1. The number of aryl methyl sites for hydroxylation is 1. The van der Waals surface area contributed by atoms with Crippen molar-refractivity contribution in [3.05, 3.63) is 66.2 Å². The van der Waals surface area contributed by atoms with Gasteiger partial charge >= 0.3 is 0 Å². The van der Waals surface area contributed by atoms with Crippen LogP contribution in [-0.2, 0) is 0 Å². The summed E-state index contributed by atoms with van der Waals surface area (Å²) >= 11 is 1.64.